The lowest BCUT2D eigenvalue weighted by atomic mass is 9.84. The Morgan fingerprint density at radius 3 is 2.50 bits per heavy atom. The maximum atomic E-state index is 11.1. The fourth-order valence-corrected chi connectivity index (χ4v) is 2.84. The van der Waals surface area contributed by atoms with Gasteiger partial charge in [-0.1, -0.05) is 32.9 Å². The van der Waals surface area contributed by atoms with Crippen molar-refractivity contribution in [2.75, 3.05) is 0 Å². The van der Waals surface area contributed by atoms with Crippen LogP contribution in [0.4, 0.5) is 0 Å². The third-order valence-electron chi connectivity index (χ3n) is 3.81. The fraction of sp³-hybridized carbons (Fsp3) is 0.588. The molecule has 3 nitrogen and oxygen atoms in total. The highest BCUT2D eigenvalue weighted by atomic mass is 16.4. The first-order valence-electron chi connectivity index (χ1n) is 7.30. The summed E-state index contributed by atoms with van der Waals surface area (Å²) >= 11 is 0. The minimum Gasteiger partial charge on any atom is -0.508 e. The standard InChI is InChI=1S/C17H24O3/c1-17(2,3)10-11-4-7-15(18)14(8-11)13(9-16(19)20)12-5-6-12/h4,7-8,12-13,18H,5-6,9-10H2,1-3H3,(H,19,20). The van der Waals surface area contributed by atoms with Crippen LogP contribution in [0.25, 0.3) is 0 Å². The molecule has 0 aliphatic heterocycles. The molecule has 0 heterocycles. The summed E-state index contributed by atoms with van der Waals surface area (Å²) in [7, 11) is 0. The number of hydrogen-bond donors (Lipinski definition) is 2. The molecule has 1 aliphatic carbocycles. The van der Waals surface area contributed by atoms with Gasteiger partial charge in [0.2, 0.25) is 0 Å². The largest absolute Gasteiger partial charge is 0.508 e. The van der Waals surface area contributed by atoms with Gasteiger partial charge < -0.3 is 10.2 Å². The number of aliphatic carboxylic acids is 1. The summed E-state index contributed by atoms with van der Waals surface area (Å²) in [5.74, 6) is -0.183. The van der Waals surface area contributed by atoms with Crippen molar-refractivity contribution in [2.45, 2.75) is 52.4 Å². The topological polar surface area (TPSA) is 57.5 Å². The zero-order valence-electron chi connectivity index (χ0n) is 12.5. The van der Waals surface area contributed by atoms with Gasteiger partial charge in [0.1, 0.15) is 5.75 Å². The van der Waals surface area contributed by atoms with Gasteiger partial charge in [0, 0.05) is 5.92 Å². The van der Waals surface area contributed by atoms with E-state index in [1.54, 1.807) is 6.07 Å². The molecule has 0 saturated heterocycles. The number of carboxylic acid groups (broad SMARTS) is 1. The van der Waals surface area contributed by atoms with Crippen LogP contribution >= 0.6 is 0 Å². The molecule has 1 aromatic rings. The molecule has 0 aromatic heterocycles. The van der Waals surface area contributed by atoms with E-state index in [4.69, 9.17) is 5.11 Å². The summed E-state index contributed by atoms with van der Waals surface area (Å²) in [6.45, 7) is 6.53. The fourth-order valence-electron chi connectivity index (χ4n) is 2.84. The zero-order valence-corrected chi connectivity index (χ0v) is 12.5. The van der Waals surface area contributed by atoms with Gasteiger partial charge in [0.25, 0.3) is 0 Å². The predicted octanol–water partition coefficient (Wildman–Crippen LogP) is 3.95. The molecule has 20 heavy (non-hydrogen) atoms. The third-order valence-corrected chi connectivity index (χ3v) is 3.81. The van der Waals surface area contributed by atoms with Crippen LogP contribution in [0, 0.1) is 11.3 Å². The van der Waals surface area contributed by atoms with Crippen LogP contribution in [0.15, 0.2) is 18.2 Å². The lowest BCUT2D eigenvalue weighted by Gasteiger charge is -2.21. The molecule has 1 atom stereocenters. The molecule has 1 unspecified atom stereocenters. The van der Waals surface area contributed by atoms with Crippen LogP contribution in [0.3, 0.4) is 0 Å². The molecule has 1 aromatic carbocycles. The maximum Gasteiger partial charge on any atom is 0.303 e. The van der Waals surface area contributed by atoms with E-state index in [-0.39, 0.29) is 23.5 Å². The van der Waals surface area contributed by atoms with Gasteiger partial charge in [-0.25, -0.2) is 0 Å². The molecule has 0 amide bonds. The molecule has 0 radical (unpaired) electrons. The van der Waals surface area contributed by atoms with Gasteiger partial charge in [0.05, 0.1) is 6.42 Å². The molecule has 3 heteroatoms. The highest BCUT2D eigenvalue weighted by Crippen LogP contribution is 2.47. The van der Waals surface area contributed by atoms with Gasteiger partial charge in [0.15, 0.2) is 0 Å². The lowest BCUT2D eigenvalue weighted by Crippen LogP contribution is -2.12. The van der Waals surface area contributed by atoms with Crippen molar-refractivity contribution in [2.24, 2.45) is 11.3 Å². The van der Waals surface area contributed by atoms with E-state index < -0.39 is 5.97 Å². The number of carboxylic acids is 1. The van der Waals surface area contributed by atoms with Crippen molar-refractivity contribution in [3.05, 3.63) is 29.3 Å². The first-order valence-corrected chi connectivity index (χ1v) is 7.30. The summed E-state index contributed by atoms with van der Waals surface area (Å²) in [5, 5.41) is 19.2. The van der Waals surface area contributed by atoms with Gasteiger partial charge in [-0.2, -0.15) is 0 Å². The summed E-state index contributed by atoms with van der Waals surface area (Å²) in [4.78, 5) is 11.1. The van der Waals surface area contributed by atoms with E-state index in [0.29, 0.717) is 5.92 Å². The molecule has 1 fully saturated rings. The lowest BCUT2D eigenvalue weighted by molar-refractivity contribution is -0.137. The molecule has 2 N–H and O–H groups in total. The third kappa shape index (κ3) is 3.99. The SMILES string of the molecule is CC(C)(C)Cc1ccc(O)c(C(CC(=O)O)C2CC2)c1. The number of hydrogen-bond acceptors (Lipinski definition) is 2. The van der Waals surface area contributed by atoms with Crippen LogP contribution in [0.5, 0.6) is 5.75 Å². The molecular formula is C17H24O3. The Bertz CT molecular complexity index is 495. The van der Waals surface area contributed by atoms with Crippen LogP contribution < -0.4 is 0 Å². The summed E-state index contributed by atoms with van der Waals surface area (Å²) in [5.41, 5.74) is 2.16. The van der Waals surface area contributed by atoms with Gasteiger partial charge >= 0.3 is 5.97 Å². The van der Waals surface area contributed by atoms with Gasteiger partial charge in [-0.15, -0.1) is 0 Å². The van der Waals surface area contributed by atoms with Crippen LogP contribution in [-0.4, -0.2) is 16.2 Å². The summed E-state index contributed by atoms with van der Waals surface area (Å²) in [6, 6.07) is 5.66. The number of phenolic OH excluding ortho intramolecular Hbond substituents is 1. The first-order chi connectivity index (χ1) is 9.26. The molecule has 1 saturated carbocycles. The van der Waals surface area contributed by atoms with E-state index in [1.807, 2.05) is 12.1 Å². The Labute approximate surface area is 120 Å². The first kappa shape index (κ1) is 14.9. The molecule has 110 valence electrons. The second-order valence-electron chi connectivity index (χ2n) is 7.17. The number of phenols is 1. The van der Waals surface area contributed by atoms with E-state index >= 15 is 0 Å². The molecule has 2 rings (SSSR count). The zero-order chi connectivity index (χ0) is 14.9. The van der Waals surface area contributed by atoms with Gasteiger partial charge in [-0.3, -0.25) is 4.79 Å². The Morgan fingerprint density at radius 2 is 2.00 bits per heavy atom. The smallest absolute Gasteiger partial charge is 0.303 e. The summed E-state index contributed by atoms with van der Waals surface area (Å²) in [6.07, 6.45) is 3.17. The van der Waals surface area contributed by atoms with Crippen LogP contribution in [0.2, 0.25) is 0 Å². The number of carbonyl (C=O) groups is 1. The quantitative estimate of drug-likeness (QED) is 0.856. The minimum absolute atomic E-state index is 0.0487. The van der Waals surface area contributed by atoms with Gasteiger partial charge in [-0.05, 0) is 47.8 Å². The Kier molecular flexibility index (Phi) is 4.07. The number of benzene rings is 1. The molecule has 0 bridgehead atoms. The molecular weight excluding hydrogens is 252 g/mol. The average Bonchev–Trinajstić information content (AvgIpc) is 3.10. The molecule has 0 spiro atoms. The van der Waals surface area contributed by atoms with Crippen molar-refractivity contribution < 1.29 is 15.0 Å². The van der Waals surface area contributed by atoms with Crippen LogP contribution in [0.1, 0.15) is 57.1 Å². The van der Waals surface area contributed by atoms with Crippen molar-refractivity contribution in [3.63, 3.8) is 0 Å². The Morgan fingerprint density at radius 1 is 1.35 bits per heavy atom. The van der Waals surface area contributed by atoms with Crippen molar-refractivity contribution in [1.29, 1.82) is 0 Å². The molecule has 1 aliphatic rings. The highest BCUT2D eigenvalue weighted by Gasteiger charge is 2.35. The minimum atomic E-state index is -0.789. The maximum absolute atomic E-state index is 11.1. The van der Waals surface area contributed by atoms with Crippen LogP contribution in [-0.2, 0) is 11.2 Å². The van der Waals surface area contributed by atoms with Crippen molar-refractivity contribution in [3.8, 4) is 5.75 Å². The second-order valence-corrected chi connectivity index (χ2v) is 7.17. The average molecular weight is 276 g/mol. The number of rotatable bonds is 5. The predicted molar refractivity (Wildman–Crippen MR) is 79.0 cm³/mol. The number of aromatic hydroxyl groups is 1. The van der Waals surface area contributed by atoms with E-state index in [2.05, 4.69) is 20.8 Å². The summed E-state index contributed by atoms with van der Waals surface area (Å²) < 4.78 is 0. The monoisotopic (exact) mass is 276 g/mol. The van der Waals surface area contributed by atoms with Crippen molar-refractivity contribution in [1.82, 2.24) is 0 Å². The Balaban J connectivity index is 2.28. The highest BCUT2D eigenvalue weighted by molar-refractivity contribution is 5.68. The van der Waals surface area contributed by atoms with E-state index in [9.17, 15) is 9.90 Å². The van der Waals surface area contributed by atoms with E-state index in [1.165, 1.54) is 5.56 Å². The second kappa shape index (κ2) is 5.47. The normalized spacial score (nSPS) is 16.9. The van der Waals surface area contributed by atoms with Crippen molar-refractivity contribution >= 4 is 5.97 Å². The Hall–Kier alpha value is -1.51. The van der Waals surface area contributed by atoms with E-state index in [0.717, 1.165) is 24.8 Å².